The number of carbonyl (C=O) groups is 1. The Bertz CT molecular complexity index is 1080. The Morgan fingerprint density at radius 1 is 1.13 bits per heavy atom. The lowest BCUT2D eigenvalue weighted by atomic mass is 10.2. The van der Waals surface area contributed by atoms with Crippen molar-refractivity contribution in [2.75, 3.05) is 7.11 Å². The van der Waals surface area contributed by atoms with Gasteiger partial charge in [0.1, 0.15) is 6.61 Å². The van der Waals surface area contributed by atoms with Crippen molar-refractivity contribution < 1.29 is 14.3 Å². The fourth-order valence-corrected chi connectivity index (χ4v) is 3.65. The topological polar surface area (TPSA) is 59.9 Å². The predicted molar refractivity (Wildman–Crippen MR) is 123 cm³/mol. The van der Waals surface area contributed by atoms with Crippen LogP contribution in [0.15, 0.2) is 70.2 Å². The van der Waals surface area contributed by atoms with Gasteiger partial charge in [-0.15, -0.1) is 0 Å². The Morgan fingerprint density at radius 3 is 2.60 bits per heavy atom. The van der Waals surface area contributed by atoms with Gasteiger partial charge in [-0.05, 0) is 57.4 Å². The summed E-state index contributed by atoms with van der Waals surface area (Å²) in [5, 5.41) is 4.69. The van der Waals surface area contributed by atoms with Gasteiger partial charge in [-0.3, -0.25) is 4.79 Å². The van der Waals surface area contributed by atoms with Gasteiger partial charge >= 0.3 is 0 Å². The average molecular weight is 508 g/mol. The predicted octanol–water partition coefficient (Wildman–Crippen LogP) is 6.11. The Labute approximate surface area is 192 Å². The van der Waals surface area contributed by atoms with E-state index in [9.17, 15) is 4.79 Å². The van der Waals surface area contributed by atoms with Crippen LogP contribution >= 0.6 is 39.1 Å². The SMILES string of the molecule is COc1cc(/C=N/NC(=O)c2ccc(Cl)cc2Cl)cc(Br)c1OCc1ccccc1. The summed E-state index contributed by atoms with van der Waals surface area (Å²) in [6.07, 6.45) is 1.50. The second-order valence-electron chi connectivity index (χ2n) is 6.13. The van der Waals surface area contributed by atoms with Crippen molar-refractivity contribution >= 4 is 51.3 Å². The maximum Gasteiger partial charge on any atom is 0.272 e. The summed E-state index contributed by atoms with van der Waals surface area (Å²) < 4.78 is 12.1. The van der Waals surface area contributed by atoms with E-state index >= 15 is 0 Å². The standard InChI is InChI=1S/C22H17BrCl2N2O3/c1-29-20-10-15(9-18(23)21(20)30-13-14-5-3-2-4-6-14)12-26-27-22(28)17-8-7-16(24)11-19(17)25/h2-12H,13H2,1H3,(H,27,28)/b26-12+. The molecule has 1 amide bonds. The lowest BCUT2D eigenvalue weighted by molar-refractivity contribution is 0.0955. The van der Waals surface area contributed by atoms with E-state index in [0.717, 1.165) is 5.56 Å². The van der Waals surface area contributed by atoms with Crippen LogP contribution in [-0.2, 0) is 6.61 Å². The first-order chi connectivity index (χ1) is 14.5. The Hall–Kier alpha value is -2.54. The minimum atomic E-state index is -0.443. The highest BCUT2D eigenvalue weighted by Crippen LogP contribution is 2.36. The summed E-state index contributed by atoms with van der Waals surface area (Å²) in [5.74, 6) is 0.672. The van der Waals surface area contributed by atoms with Crippen LogP contribution in [0.4, 0.5) is 0 Å². The Morgan fingerprint density at radius 2 is 1.90 bits per heavy atom. The number of carbonyl (C=O) groups excluding carboxylic acids is 1. The summed E-state index contributed by atoms with van der Waals surface area (Å²) in [6.45, 7) is 0.404. The van der Waals surface area contributed by atoms with Crippen molar-refractivity contribution in [1.29, 1.82) is 0 Å². The highest BCUT2D eigenvalue weighted by Gasteiger charge is 2.12. The zero-order chi connectivity index (χ0) is 21.5. The molecule has 0 spiro atoms. The van der Waals surface area contributed by atoms with Crippen LogP contribution in [0.1, 0.15) is 21.5 Å². The molecule has 0 heterocycles. The van der Waals surface area contributed by atoms with E-state index in [2.05, 4.69) is 26.5 Å². The number of benzene rings is 3. The molecule has 0 atom stereocenters. The normalized spacial score (nSPS) is 10.8. The van der Waals surface area contributed by atoms with Gasteiger partial charge in [-0.1, -0.05) is 53.5 Å². The summed E-state index contributed by atoms with van der Waals surface area (Å²) in [7, 11) is 1.56. The van der Waals surface area contributed by atoms with E-state index in [4.69, 9.17) is 32.7 Å². The molecule has 0 aliphatic rings. The van der Waals surface area contributed by atoms with Crippen molar-refractivity contribution in [1.82, 2.24) is 5.43 Å². The van der Waals surface area contributed by atoms with E-state index in [1.165, 1.54) is 18.3 Å². The van der Waals surface area contributed by atoms with Gasteiger partial charge in [0.05, 0.1) is 28.4 Å². The fourth-order valence-electron chi connectivity index (χ4n) is 2.58. The first-order valence-electron chi connectivity index (χ1n) is 8.80. The van der Waals surface area contributed by atoms with E-state index in [1.54, 1.807) is 19.2 Å². The fraction of sp³-hybridized carbons (Fsp3) is 0.0909. The van der Waals surface area contributed by atoms with Crippen molar-refractivity contribution in [2.45, 2.75) is 6.61 Å². The molecule has 0 radical (unpaired) electrons. The number of halogens is 3. The Balaban J connectivity index is 1.70. The first kappa shape index (κ1) is 22.2. The third-order valence-corrected chi connectivity index (χ3v) is 5.17. The van der Waals surface area contributed by atoms with Gasteiger partial charge in [-0.25, -0.2) is 5.43 Å². The Kier molecular flexibility index (Phi) is 7.74. The number of nitrogens with zero attached hydrogens (tertiary/aromatic N) is 1. The number of rotatable bonds is 7. The van der Waals surface area contributed by atoms with Crippen LogP contribution in [0.5, 0.6) is 11.5 Å². The number of ether oxygens (including phenoxy) is 2. The van der Waals surface area contributed by atoms with Crippen molar-refractivity contribution in [3.8, 4) is 11.5 Å². The van der Waals surface area contributed by atoms with E-state index < -0.39 is 5.91 Å². The molecule has 0 saturated carbocycles. The number of methoxy groups -OCH3 is 1. The number of hydrogen-bond acceptors (Lipinski definition) is 4. The molecule has 3 aromatic carbocycles. The smallest absolute Gasteiger partial charge is 0.272 e. The highest BCUT2D eigenvalue weighted by atomic mass is 79.9. The van der Waals surface area contributed by atoms with Gasteiger partial charge in [0.15, 0.2) is 11.5 Å². The van der Waals surface area contributed by atoms with Crippen LogP contribution in [-0.4, -0.2) is 19.2 Å². The molecule has 8 heteroatoms. The monoisotopic (exact) mass is 506 g/mol. The molecule has 0 fully saturated rings. The molecular formula is C22H17BrCl2N2O3. The van der Waals surface area contributed by atoms with E-state index in [0.29, 0.717) is 33.2 Å². The van der Waals surface area contributed by atoms with Crippen LogP contribution in [0.2, 0.25) is 10.0 Å². The number of hydrazone groups is 1. The molecule has 3 aromatic rings. The van der Waals surface area contributed by atoms with Gasteiger partial charge < -0.3 is 9.47 Å². The van der Waals surface area contributed by atoms with E-state index in [-0.39, 0.29) is 10.6 Å². The summed E-state index contributed by atoms with van der Waals surface area (Å²) in [5.41, 5.74) is 4.47. The second kappa shape index (κ2) is 10.5. The van der Waals surface area contributed by atoms with Gasteiger partial charge in [0, 0.05) is 5.02 Å². The molecule has 1 N–H and O–H groups in total. The zero-order valence-electron chi connectivity index (χ0n) is 15.9. The number of hydrogen-bond donors (Lipinski definition) is 1. The van der Waals surface area contributed by atoms with Crippen molar-refractivity contribution in [3.63, 3.8) is 0 Å². The molecule has 0 aromatic heterocycles. The molecule has 30 heavy (non-hydrogen) atoms. The highest BCUT2D eigenvalue weighted by molar-refractivity contribution is 9.10. The lowest BCUT2D eigenvalue weighted by Gasteiger charge is -2.13. The maximum atomic E-state index is 12.2. The van der Waals surface area contributed by atoms with Gasteiger partial charge in [0.2, 0.25) is 0 Å². The number of amides is 1. The van der Waals surface area contributed by atoms with Crippen molar-refractivity contribution in [3.05, 3.63) is 91.9 Å². The second-order valence-corrected chi connectivity index (χ2v) is 7.83. The zero-order valence-corrected chi connectivity index (χ0v) is 19.0. The summed E-state index contributed by atoms with van der Waals surface area (Å²) >= 11 is 15.4. The van der Waals surface area contributed by atoms with E-state index in [1.807, 2.05) is 36.4 Å². The minimum absolute atomic E-state index is 0.250. The van der Waals surface area contributed by atoms with Gasteiger partial charge in [0.25, 0.3) is 5.91 Å². The number of nitrogens with one attached hydrogen (secondary N) is 1. The summed E-state index contributed by atoms with van der Waals surface area (Å²) in [6, 6.07) is 18.0. The largest absolute Gasteiger partial charge is 0.493 e. The molecule has 5 nitrogen and oxygen atoms in total. The summed E-state index contributed by atoms with van der Waals surface area (Å²) in [4.78, 5) is 12.2. The minimum Gasteiger partial charge on any atom is -0.493 e. The third-order valence-electron chi connectivity index (χ3n) is 4.03. The van der Waals surface area contributed by atoms with Crippen molar-refractivity contribution in [2.24, 2.45) is 5.10 Å². The van der Waals surface area contributed by atoms with Gasteiger partial charge in [-0.2, -0.15) is 5.10 Å². The van der Waals surface area contributed by atoms with Crippen LogP contribution < -0.4 is 14.9 Å². The molecule has 3 rings (SSSR count). The molecule has 0 aliphatic heterocycles. The van der Waals surface area contributed by atoms with Crippen LogP contribution in [0.25, 0.3) is 0 Å². The van der Waals surface area contributed by atoms with Crippen LogP contribution in [0.3, 0.4) is 0 Å². The first-order valence-corrected chi connectivity index (χ1v) is 10.4. The molecule has 154 valence electrons. The molecular weight excluding hydrogens is 491 g/mol. The maximum absolute atomic E-state index is 12.2. The molecule has 0 saturated heterocycles. The third kappa shape index (κ3) is 5.75. The molecule has 0 bridgehead atoms. The average Bonchev–Trinajstić information content (AvgIpc) is 2.73. The quantitative estimate of drug-likeness (QED) is 0.310. The molecule has 0 aliphatic carbocycles. The lowest BCUT2D eigenvalue weighted by Crippen LogP contribution is -2.18. The van der Waals surface area contributed by atoms with Crippen LogP contribution in [0, 0.1) is 0 Å². The molecule has 0 unspecified atom stereocenters.